The van der Waals surface area contributed by atoms with Crippen LogP contribution in [0.2, 0.25) is 0 Å². The SMILES string of the molecule is Cn1ccnc1-c1[c-]c2c(cc1)-c1ccccc1N1B2c2[c-]c(N3C=CN[CH-]3)ccc2-c2ccccc21.[Pd]. The van der Waals surface area contributed by atoms with Gasteiger partial charge in [-0.1, -0.05) is 42.0 Å². The molecular formula is C31H21BN5Pd-3. The summed E-state index contributed by atoms with van der Waals surface area (Å²) in [6.07, 6.45) is 7.76. The van der Waals surface area contributed by atoms with Crippen molar-refractivity contribution in [3.63, 3.8) is 0 Å². The van der Waals surface area contributed by atoms with Gasteiger partial charge in [0.1, 0.15) is 0 Å². The fourth-order valence-electron chi connectivity index (χ4n) is 5.89. The Morgan fingerprint density at radius 1 is 0.816 bits per heavy atom. The van der Waals surface area contributed by atoms with E-state index in [1.165, 1.54) is 33.6 Å². The maximum absolute atomic E-state index is 4.61. The molecule has 0 saturated carbocycles. The molecule has 0 atom stereocenters. The number of hydrogen-bond acceptors (Lipinski definition) is 4. The number of nitrogens with zero attached hydrogens (tertiary/aromatic N) is 4. The number of aryl methyl sites for hydroxylation is 1. The van der Waals surface area contributed by atoms with Crippen molar-refractivity contribution in [2.75, 3.05) is 9.71 Å². The van der Waals surface area contributed by atoms with E-state index in [4.69, 9.17) is 0 Å². The molecule has 4 aromatic carbocycles. The first-order valence-corrected chi connectivity index (χ1v) is 12.4. The smallest absolute Gasteiger partial charge is 0.285 e. The Labute approximate surface area is 236 Å². The van der Waals surface area contributed by atoms with Crippen molar-refractivity contribution in [3.05, 3.63) is 116 Å². The summed E-state index contributed by atoms with van der Waals surface area (Å²) >= 11 is 0. The van der Waals surface area contributed by atoms with Crippen molar-refractivity contribution in [2.45, 2.75) is 0 Å². The number of fused-ring (bicyclic) bond motifs is 11. The van der Waals surface area contributed by atoms with E-state index in [-0.39, 0.29) is 27.3 Å². The number of benzene rings is 4. The van der Waals surface area contributed by atoms with E-state index < -0.39 is 0 Å². The second kappa shape index (κ2) is 8.77. The average Bonchev–Trinajstić information content (AvgIpc) is 3.64. The molecule has 0 radical (unpaired) electrons. The molecule has 0 aliphatic carbocycles. The van der Waals surface area contributed by atoms with Gasteiger partial charge in [0.15, 0.2) is 0 Å². The summed E-state index contributed by atoms with van der Waals surface area (Å²) in [6, 6.07) is 33.7. The molecule has 0 saturated heterocycles. The number of anilines is 3. The number of imidazole rings is 1. The molecule has 3 aliphatic rings. The van der Waals surface area contributed by atoms with E-state index in [0.717, 1.165) is 28.0 Å². The second-order valence-electron chi connectivity index (χ2n) is 9.56. The van der Waals surface area contributed by atoms with Crippen molar-refractivity contribution in [2.24, 2.45) is 7.05 Å². The molecule has 0 bridgehead atoms. The Hall–Kier alpha value is -4.04. The van der Waals surface area contributed by atoms with Gasteiger partial charge in [0.25, 0.3) is 6.85 Å². The molecule has 0 spiro atoms. The van der Waals surface area contributed by atoms with E-state index in [0.29, 0.717) is 0 Å². The van der Waals surface area contributed by atoms with Gasteiger partial charge in [0.2, 0.25) is 0 Å². The Balaban J connectivity index is 0.00000242. The van der Waals surface area contributed by atoms with Crippen molar-refractivity contribution in [1.29, 1.82) is 0 Å². The predicted octanol–water partition coefficient (Wildman–Crippen LogP) is 4.59. The van der Waals surface area contributed by atoms with Crippen molar-refractivity contribution >= 4 is 34.8 Å². The molecule has 3 aliphatic heterocycles. The van der Waals surface area contributed by atoms with Crippen LogP contribution in [0.4, 0.5) is 17.1 Å². The average molecular weight is 581 g/mol. The minimum atomic E-state index is -0.0745. The molecular weight excluding hydrogens is 560 g/mol. The first-order valence-electron chi connectivity index (χ1n) is 12.4. The van der Waals surface area contributed by atoms with Crippen LogP contribution in [0.25, 0.3) is 33.6 Å². The Morgan fingerprint density at radius 3 is 2.16 bits per heavy atom. The zero-order valence-electron chi connectivity index (χ0n) is 20.5. The molecule has 5 aromatic rings. The molecule has 0 unspecified atom stereocenters. The third-order valence-electron chi connectivity index (χ3n) is 7.53. The normalized spacial score (nSPS) is 14.1. The topological polar surface area (TPSA) is 36.3 Å². The molecule has 38 heavy (non-hydrogen) atoms. The number of nitrogens with one attached hydrogen (secondary N) is 1. The molecule has 1 N–H and O–H groups in total. The first-order chi connectivity index (χ1) is 18.3. The summed E-state index contributed by atoms with van der Waals surface area (Å²) in [4.78, 5) is 9.15. The Kier molecular flexibility index (Phi) is 5.33. The van der Waals surface area contributed by atoms with E-state index in [2.05, 4.69) is 105 Å². The molecule has 0 amide bonds. The maximum atomic E-state index is 4.61. The van der Waals surface area contributed by atoms with Gasteiger partial charge in [-0.25, -0.2) is 0 Å². The van der Waals surface area contributed by atoms with Gasteiger partial charge in [-0.2, -0.15) is 24.3 Å². The molecule has 186 valence electrons. The zero-order chi connectivity index (χ0) is 24.5. The molecule has 7 heteroatoms. The van der Waals surface area contributed by atoms with Gasteiger partial charge >= 0.3 is 0 Å². The Morgan fingerprint density at radius 2 is 1.50 bits per heavy atom. The fourth-order valence-corrected chi connectivity index (χ4v) is 5.89. The van der Waals surface area contributed by atoms with E-state index in [1.54, 1.807) is 0 Å². The number of rotatable bonds is 2. The summed E-state index contributed by atoms with van der Waals surface area (Å²) in [5.74, 6) is 0.908. The van der Waals surface area contributed by atoms with Gasteiger partial charge in [-0.3, -0.25) is 4.98 Å². The minimum Gasteiger partial charge on any atom is -0.521 e. The van der Waals surface area contributed by atoms with Crippen LogP contribution in [0.3, 0.4) is 0 Å². The summed E-state index contributed by atoms with van der Waals surface area (Å²) in [7, 11) is 2.03. The van der Waals surface area contributed by atoms with E-state index in [1.807, 2.05) is 43.1 Å². The van der Waals surface area contributed by atoms with Crippen LogP contribution in [-0.4, -0.2) is 16.4 Å². The molecule has 0 fully saturated rings. The van der Waals surface area contributed by atoms with E-state index in [9.17, 15) is 0 Å². The fraction of sp³-hybridized carbons (Fsp3) is 0.0323. The maximum Gasteiger partial charge on any atom is 0.285 e. The van der Waals surface area contributed by atoms with Gasteiger partial charge in [-0.15, -0.1) is 52.1 Å². The molecule has 5 nitrogen and oxygen atoms in total. The van der Waals surface area contributed by atoms with Gasteiger partial charge in [-0.05, 0) is 30.1 Å². The van der Waals surface area contributed by atoms with Gasteiger partial charge < -0.3 is 19.6 Å². The summed E-state index contributed by atoms with van der Waals surface area (Å²) in [5.41, 5.74) is 11.5. The van der Waals surface area contributed by atoms with Crippen LogP contribution in [0, 0.1) is 18.8 Å². The number of para-hydroxylation sites is 2. The number of aromatic nitrogens is 2. The minimum absolute atomic E-state index is 0. The largest absolute Gasteiger partial charge is 0.521 e. The van der Waals surface area contributed by atoms with Crippen LogP contribution in [0.5, 0.6) is 0 Å². The van der Waals surface area contributed by atoms with Crippen molar-refractivity contribution in [1.82, 2.24) is 14.9 Å². The molecule has 8 rings (SSSR count). The van der Waals surface area contributed by atoms with Crippen molar-refractivity contribution < 1.29 is 20.4 Å². The van der Waals surface area contributed by atoms with Crippen LogP contribution >= 0.6 is 0 Å². The first kappa shape index (κ1) is 23.1. The Bertz CT molecular complexity index is 1740. The third-order valence-corrected chi connectivity index (χ3v) is 7.53. The van der Waals surface area contributed by atoms with Crippen LogP contribution in [0.15, 0.2) is 97.6 Å². The predicted molar refractivity (Wildman–Crippen MR) is 150 cm³/mol. The van der Waals surface area contributed by atoms with Gasteiger partial charge in [0, 0.05) is 51.2 Å². The third kappa shape index (κ3) is 3.26. The van der Waals surface area contributed by atoms with E-state index >= 15 is 0 Å². The summed E-state index contributed by atoms with van der Waals surface area (Å²) < 4.78 is 2.05. The van der Waals surface area contributed by atoms with Crippen LogP contribution < -0.4 is 26.0 Å². The quantitative estimate of drug-likeness (QED) is 0.245. The van der Waals surface area contributed by atoms with Gasteiger partial charge in [0.05, 0.1) is 5.82 Å². The molecule has 4 heterocycles. The monoisotopic (exact) mass is 580 g/mol. The number of hydrogen-bond donors (Lipinski definition) is 1. The standard InChI is InChI=1S/C31H21BN5.Pd/c1-35-16-15-34-31(35)21-10-12-23-25-6-2-4-8-29(25)37-30-9-5-3-7-26(30)24-13-11-22(36-17-14-33-20-36)19-28(24)32(37)27(23)18-21;/h2-17,20,33H,1H3;/q-3;. The molecule has 1 aromatic heterocycles. The van der Waals surface area contributed by atoms with Crippen molar-refractivity contribution in [3.8, 4) is 33.6 Å². The summed E-state index contributed by atoms with van der Waals surface area (Å²) in [5, 5.41) is 3.15. The van der Waals surface area contributed by atoms with Crippen LogP contribution in [0.1, 0.15) is 0 Å². The summed E-state index contributed by atoms with van der Waals surface area (Å²) in [6.45, 7) is 1.87. The second-order valence-corrected chi connectivity index (χ2v) is 9.56. The van der Waals surface area contributed by atoms with Crippen LogP contribution in [-0.2, 0) is 27.5 Å². The zero-order valence-corrected chi connectivity index (χ0v) is 22.1.